The fraction of sp³-hybridized carbons (Fsp3) is 0.636. The normalized spacial score (nSPS) is 20.6. The number of carbonyl (C=O) groups is 1. The van der Waals surface area contributed by atoms with Crippen LogP contribution in [-0.2, 0) is 18.4 Å². The van der Waals surface area contributed by atoms with Gasteiger partial charge in [0.1, 0.15) is 0 Å². The number of allylic oxidation sites excluding steroid dienone is 2. The number of hydrogen-bond acceptors (Lipinski definition) is 7. The largest absolute Gasteiger partial charge is 0.341 e. The number of hydrogen-bond donors (Lipinski definition) is 1. The van der Waals surface area contributed by atoms with Gasteiger partial charge in [-0.3, -0.25) is 19.1 Å². The molecule has 2 saturated heterocycles. The van der Waals surface area contributed by atoms with E-state index in [0.717, 1.165) is 42.4 Å². The molecule has 0 radical (unpaired) electrons. The van der Waals surface area contributed by atoms with Crippen molar-refractivity contribution < 1.29 is 4.79 Å². The Balaban J connectivity index is 1.96. The molecule has 4 heterocycles. The van der Waals surface area contributed by atoms with Crippen molar-refractivity contribution in [1.82, 2.24) is 23.6 Å². The van der Waals surface area contributed by atoms with E-state index >= 15 is 0 Å². The number of likely N-dealkylation sites (tertiary alicyclic amines) is 1. The van der Waals surface area contributed by atoms with Gasteiger partial charge in [-0.2, -0.15) is 4.98 Å². The van der Waals surface area contributed by atoms with E-state index in [2.05, 4.69) is 4.90 Å². The third-order valence-corrected chi connectivity index (χ3v) is 6.48. The van der Waals surface area contributed by atoms with E-state index in [-0.39, 0.29) is 6.04 Å². The molecule has 2 fully saturated rings. The number of aldehydes is 1. The van der Waals surface area contributed by atoms with E-state index in [4.69, 9.17) is 10.7 Å². The number of imidazole rings is 1. The van der Waals surface area contributed by atoms with Gasteiger partial charge in [0.05, 0.1) is 0 Å². The number of nitrogens with zero attached hydrogens (tertiary/aromatic N) is 6. The summed E-state index contributed by atoms with van der Waals surface area (Å²) in [6.07, 6.45) is 5.60. The third-order valence-electron chi connectivity index (χ3n) is 6.48. The Labute approximate surface area is 186 Å². The second kappa shape index (κ2) is 9.03. The Kier molecular flexibility index (Phi) is 6.34. The van der Waals surface area contributed by atoms with Crippen molar-refractivity contribution in [1.29, 1.82) is 0 Å². The minimum absolute atomic E-state index is 0.0375. The lowest BCUT2D eigenvalue weighted by atomic mass is 10.1. The number of carbonyl (C=O) groups excluding carboxylic acids is 1. The highest BCUT2D eigenvalue weighted by Crippen LogP contribution is 2.24. The zero-order valence-electron chi connectivity index (χ0n) is 19.2. The van der Waals surface area contributed by atoms with Crippen LogP contribution in [0.4, 0.5) is 5.95 Å². The van der Waals surface area contributed by atoms with Crippen LogP contribution in [0.2, 0.25) is 0 Å². The molecule has 0 amide bonds. The van der Waals surface area contributed by atoms with E-state index in [1.165, 1.54) is 4.57 Å². The predicted molar refractivity (Wildman–Crippen MR) is 124 cm³/mol. The maximum atomic E-state index is 13.7. The second-order valence-corrected chi connectivity index (χ2v) is 9.13. The van der Waals surface area contributed by atoms with Crippen molar-refractivity contribution in [3.8, 4) is 0 Å². The Morgan fingerprint density at radius 2 is 1.91 bits per heavy atom. The van der Waals surface area contributed by atoms with Crippen molar-refractivity contribution in [3.05, 3.63) is 32.5 Å². The van der Waals surface area contributed by atoms with Gasteiger partial charge in [-0.05, 0) is 39.5 Å². The fourth-order valence-corrected chi connectivity index (χ4v) is 4.76. The van der Waals surface area contributed by atoms with Crippen LogP contribution in [0.5, 0.6) is 0 Å². The van der Waals surface area contributed by atoms with Crippen molar-refractivity contribution in [2.75, 3.05) is 31.1 Å². The van der Waals surface area contributed by atoms with Gasteiger partial charge in [0.2, 0.25) is 5.95 Å². The van der Waals surface area contributed by atoms with Gasteiger partial charge in [-0.25, -0.2) is 9.36 Å². The molecule has 0 aliphatic carbocycles. The molecule has 0 spiro atoms. The van der Waals surface area contributed by atoms with Crippen LogP contribution in [0.15, 0.2) is 21.2 Å². The summed E-state index contributed by atoms with van der Waals surface area (Å²) in [4.78, 5) is 47.7. The van der Waals surface area contributed by atoms with E-state index in [1.54, 1.807) is 7.05 Å². The Morgan fingerprint density at radius 3 is 2.53 bits per heavy atom. The molecular formula is C22H33N7O3. The molecule has 2 aliphatic rings. The van der Waals surface area contributed by atoms with Gasteiger partial charge < -0.3 is 15.2 Å². The topological polar surface area (TPSA) is 111 Å². The molecule has 10 nitrogen and oxygen atoms in total. The third kappa shape index (κ3) is 3.93. The Morgan fingerprint density at radius 1 is 1.19 bits per heavy atom. The van der Waals surface area contributed by atoms with Crippen LogP contribution in [0.25, 0.3) is 11.2 Å². The number of aromatic nitrogens is 4. The smallest absolute Gasteiger partial charge is 0.334 e. The number of aryl methyl sites for hydroxylation is 1. The maximum absolute atomic E-state index is 13.7. The zero-order chi connectivity index (χ0) is 23.0. The molecule has 2 aromatic heterocycles. The Hall–Kier alpha value is -2.72. The molecular weight excluding hydrogens is 410 g/mol. The van der Waals surface area contributed by atoms with E-state index in [9.17, 15) is 14.4 Å². The van der Waals surface area contributed by atoms with E-state index < -0.39 is 17.4 Å². The number of rotatable bonds is 6. The molecule has 2 N–H and O–H groups in total. The molecule has 2 aliphatic heterocycles. The van der Waals surface area contributed by atoms with Crippen molar-refractivity contribution >= 4 is 23.4 Å². The molecule has 174 valence electrons. The van der Waals surface area contributed by atoms with Gasteiger partial charge in [0, 0.05) is 45.8 Å². The van der Waals surface area contributed by atoms with E-state index in [1.807, 2.05) is 29.4 Å². The van der Waals surface area contributed by atoms with Crippen molar-refractivity contribution in [2.24, 2.45) is 12.8 Å². The molecule has 4 rings (SSSR count). The molecule has 0 bridgehead atoms. The molecule has 32 heavy (non-hydrogen) atoms. The maximum Gasteiger partial charge on any atom is 0.334 e. The van der Waals surface area contributed by atoms with E-state index in [0.29, 0.717) is 49.6 Å². The summed E-state index contributed by atoms with van der Waals surface area (Å²) in [6.45, 7) is 7.25. The average molecular weight is 444 g/mol. The fourth-order valence-electron chi connectivity index (χ4n) is 4.76. The summed E-state index contributed by atoms with van der Waals surface area (Å²) in [6, 6.07) is 0.0375. The highest BCUT2D eigenvalue weighted by atomic mass is 16.2. The number of piperidine rings is 1. The van der Waals surface area contributed by atoms with Gasteiger partial charge in [0.25, 0.3) is 5.56 Å². The van der Waals surface area contributed by atoms with Crippen LogP contribution < -0.4 is 21.9 Å². The highest BCUT2D eigenvalue weighted by Gasteiger charge is 2.30. The number of anilines is 1. The van der Waals surface area contributed by atoms with Gasteiger partial charge in [-0.15, -0.1) is 0 Å². The molecule has 2 aromatic rings. The second-order valence-electron chi connectivity index (χ2n) is 9.13. The summed E-state index contributed by atoms with van der Waals surface area (Å²) < 4.78 is 4.34. The van der Waals surface area contributed by atoms with Crippen LogP contribution in [0.1, 0.15) is 45.7 Å². The SMILES string of the molecule is CC(C)=CCn1c(N2CCCC(N)C2)nc2c1c(=O)n(C(C=O)N1CCCC1)c(=O)n2C. The quantitative estimate of drug-likeness (QED) is 0.514. The summed E-state index contributed by atoms with van der Waals surface area (Å²) in [5.41, 5.74) is 6.99. The van der Waals surface area contributed by atoms with Crippen LogP contribution >= 0.6 is 0 Å². The minimum atomic E-state index is -0.910. The first-order valence-corrected chi connectivity index (χ1v) is 11.4. The first kappa shape index (κ1) is 22.5. The molecule has 2 unspecified atom stereocenters. The predicted octanol–water partition coefficient (Wildman–Crippen LogP) is 0.584. The van der Waals surface area contributed by atoms with Crippen LogP contribution in [0, 0.1) is 0 Å². The summed E-state index contributed by atoms with van der Waals surface area (Å²) >= 11 is 0. The van der Waals surface area contributed by atoms with Crippen molar-refractivity contribution in [2.45, 2.75) is 58.3 Å². The summed E-state index contributed by atoms with van der Waals surface area (Å²) in [5.74, 6) is 0.640. The molecule has 10 heteroatoms. The molecule has 0 aromatic carbocycles. The van der Waals surface area contributed by atoms with Crippen molar-refractivity contribution in [3.63, 3.8) is 0 Å². The first-order valence-electron chi connectivity index (χ1n) is 11.4. The van der Waals surface area contributed by atoms with Gasteiger partial charge >= 0.3 is 5.69 Å². The molecule has 2 atom stereocenters. The number of nitrogens with two attached hydrogens (primary N) is 1. The van der Waals surface area contributed by atoms with Crippen LogP contribution in [0.3, 0.4) is 0 Å². The lowest BCUT2D eigenvalue weighted by Gasteiger charge is -2.31. The lowest BCUT2D eigenvalue weighted by Crippen LogP contribution is -2.47. The lowest BCUT2D eigenvalue weighted by molar-refractivity contribution is -0.115. The highest BCUT2D eigenvalue weighted by molar-refractivity contribution is 5.75. The van der Waals surface area contributed by atoms with Gasteiger partial charge in [-0.1, -0.05) is 11.6 Å². The summed E-state index contributed by atoms with van der Waals surface area (Å²) in [5, 5.41) is 0. The average Bonchev–Trinajstić information content (AvgIpc) is 3.42. The summed E-state index contributed by atoms with van der Waals surface area (Å²) in [7, 11) is 1.61. The van der Waals surface area contributed by atoms with Gasteiger partial charge in [0.15, 0.2) is 23.6 Å². The Bertz CT molecular complexity index is 1150. The first-order chi connectivity index (χ1) is 15.3. The zero-order valence-corrected chi connectivity index (χ0v) is 19.2. The molecule has 0 saturated carbocycles. The standard InChI is InChI=1S/C22H33N7O3/c1-15(2)8-12-28-18-19(24-21(28)27-11-6-7-16(23)13-27)25(3)22(32)29(20(18)31)17(14-30)26-9-4-5-10-26/h8,14,16-17H,4-7,9-13,23H2,1-3H3. The minimum Gasteiger partial charge on any atom is -0.341 e. The monoisotopic (exact) mass is 443 g/mol. The number of fused-ring (bicyclic) bond motifs is 1. The van der Waals surface area contributed by atoms with Crippen LogP contribution in [-0.4, -0.2) is 62.1 Å².